The molecule has 0 spiro atoms. The minimum Gasteiger partial charge on any atom is -0.351 e. The van der Waals surface area contributed by atoms with E-state index in [9.17, 15) is 13.2 Å². The van der Waals surface area contributed by atoms with E-state index in [0.717, 1.165) is 0 Å². The second-order valence-electron chi connectivity index (χ2n) is 6.80. The Morgan fingerprint density at radius 3 is 2.40 bits per heavy atom. The fourth-order valence-corrected chi connectivity index (χ4v) is 4.32. The molecule has 3 N–H and O–H groups in total. The number of nitrogens with two attached hydrogens (primary N) is 1. The largest absolute Gasteiger partial charge is 0.351 e. The lowest BCUT2D eigenvalue weighted by Gasteiger charge is -2.32. The number of carbonyl (C=O) groups is 1. The van der Waals surface area contributed by atoms with Crippen molar-refractivity contribution in [1.29, 1.82) is 0 Å². The molecule has 1 amide bonds. The topological polar surface area (TPSA) is 95.7 Å². The van der Waals surface area contributed by atoms with E-state index in [1.165, 1.54) is 4.31 Å². The molecule has 25 heavy (non-hydrogen) atoms. The molecule has 1 aliphatic rings. The van der Waals surface area contributed by atoms with E-state index < -0.39 is 16.1 Å². The summed E-state index contributed by atoms with van der Waals surface area (Å²) in [5.74, 6) is -0.258. The summed E-state index contributed by atoms with van der Waals surface area (Å²) in [6.45, 7) is 6.24. The highest BCUT2D eigenvalue weighted by Gasteiger charge is 2.29. The van der Waals surface area contributed by atoms with Crippen LogP contribution in [0.2, 0.25) is 0 Å². The van der Waals surface area contributed by atoms with E-state index in [4.69, 9.17) is 5.73 Å². The molecular formula is C17H28N4O3S. The molecule has 2 rings (SSSR count). The Bertz CT molecular complexity index is 698. The van der Waals surface area contributed by atoms with Gasteiger partial charge in [-0.3, -0.25) is 4.79 Å². The van der Waals surface area contributed by atoms with Crippen LogP contribution in [0.1, 0.15) is 19.4 Å². The van der Waals surface area contributed by atoms with Gasteiger partial charge in [0.05, 0.1) is 10.9 Å². The van der Waals surface area contributed by atoms with Crippen molar-refractivity contribution in [1.82, 2.24) is 14.5 Å². The second-order valence-corrected chi connectivity index (χ2v) is 8.71. The van der Waals surface area contributed by atoms with Crippen LogP contribution in [0.5, 0.6) is 0 Å². The molecule has 0 radical (unpaired) electrons. The van der Waals surface area contributed by atoms with E-state index in [1.807, 2.05) is 20.9 Å². The van der Waals surface area contributed by atoms with Crippen molar-refractivity contribution >= 4 is 15.9 Å². The van der Waals surface area contributed by atoms with Gasteiger partial charge in [0.25, 0.3) is 0 Å². The molecule has 1 aliphatic heterocycles. The van der Waals surface area contributed by atoms with Crippen molar-refractivity contribution in [3.05, 3.63) is 29.8 Å². The molecule has 140 valence electrons. The van der Waals surface area contributed by atoms with E-state index in [2.05, 4.69) is 10.2 Å². The fourth-order valence-electron chi connectivity index (χ4n) is 2.67. The summed E-state index contributed by atoms with van der Waals surface area (Å²) >= 11 is 0. The van der Waals surface area contributed by atoms with Crippen molar-refractivity contribution in [2.45, 2.75) is 31.3 Å². The molecule has 1 heterocycles. The number of nitrogens with one attached hydrogen (secondary N) is 1. The van der Waals surface area contributed by atoms with E-state index in [0.29, 0.717) is 31.7 Å². The van der Waals surface area contributed by atoms with Crippen molar-refractivity contribution in [3.63, 3.8) is 0 Å². The maximum atomic E-state index is 13.0. The molecule has 1 aromatic carbocycles. The number of amides is 1. The van der Waals surface area contributed by atoms with Gasteiger partial charge >= 0.3 is 0 Å². The number of benzene rings is 1. The van der Waals surface area contributed by atoms with Gasteiger partial charge in [-0.2, -0.15) is 4.31 Å². The van der Waals surface area contributed by atoms with Crippen molar-refractivity contribution < 1.29 is 13.2 Å². The van der Waals surface area contributed by atoms with Crippen LogP contribution in [0.15, 0.2) is 29.2 Å². The van der Waals surface area contributed by atoms with Crippen molar-refractivity contribution in [2.24, 2.45) is 11.7 Å². The first-order chi connectivity index (χ1) is 11.7. The lowest BCUT2D eigenvalue weighted by atomic mass is 10.0. The SMILES string of the molecule is CC(C)[C@H](N)C(=O)NCc1ccccc1S(=O)(=O)N1CCN(C)CC1. The maximum absolute atomic E-state index is 13.0. The van der Waals surface area contributed by atoms with Gasteiger partial charge in [-0.1, -0.05) is 32.0 Å². The van der Waals surface area contributed by atoms with Crippen LogP contribution < -0.4 is 11.1 Å². The van der Waals surface area contributed by atoms with Crippen LogP contribution in [0.25, 0.3) is 0 Å². The third kappa shape index (κ3) is 4.78. The number of carbonyl (C=O) groups excluding carboxylic acids is 1. The minimum absolute atomic E-state index is 0.0179. The van der Waals surface area contributed by atoms with Gasteiger partial charge in [0.1, 0.15) is 0 Å². The van der Waals surface area contributed by atoms with Crippen molar-refractivity contribution in [3.8, 4) is 0 Å². The molecule has 1 fully saturated rings. The third-order valence-corrected chi connectivity index (χ3v) is 6.53. The molecule has 0 unspecified atom stereocenters. The average molecular weight is 369 g/mol. The van der Waals surface area contributed by atoms with Gasteiger partial charge < -0.3 is 16.0 Å². The number of hydrogen-bond donors (Lipinski definition) is 2. The number of likely N-dealkylation sites (N-methyl/N-ethyl adjacent to an activating group) is 1. The highest BCUT2D eigenvalue weighted by Crippen LogP contribution is 2.21. The monoisotopic (exact) mass is 368 g/mol. The number of rotatable bonds is 6. The summed E-state index contributed by atoms with van der Waals surface area (Å²) in [7, 11) is -1.60. The molecule has 0 aliphatic carbocycles. The Kier molecular flexibility index (Phi) is 6.56. The normalized spacial score (nSPS) is 18.3. The highest BCUT2D eigenvalue weighted by atomic mass is 32.2. The van der Waals surface area contributed by atoms with Crippen LogP contribution in [0, 0.1) is 5.92 Å². The smallest absolute Gasteiger partial charge is 0.243 e. The molecule has 0 bridgehead atoms. The van der Waals surface area contributed by atoms with Gasteiger partial charge in [-0.25, -0.2) is 8.42 Å². The number of sulfonamides is 1. The van der Waals surface area contributed by atoms with E-state index in [1.54, 1.807) is 24.3 Å². The van der Waals surface area contributed by atoms with Crippen LogP contribution >= 0.6 is 0 Å². The molecule has 7 nitrogen and oxygen atoms in total. The predicted molar refractivity (Wildman–Crippen MR) is 97.4 cm³/mol. The second kappa shape index (κ2) is 8.27. The Morgan fingerprint density at radius 1 is 1.20 bits per heavy atom. The summed E-state index contributed by atoms with van der Waals surface area (Å²) in [5.41, 5.74) is 6.41. The van der Waals surface area contributed by atoms with Gasteiger partial charge in [-0.05, 0) is 24.6 Å². The van der Waals surface area contributed by atoms with Gasteiger partial charge in [0.2, 0.25) is 15.9 Å². The highest BCUT2D eigenvalue weighted by molar-refractivity contribution is 7.89. The first-order valence-electron chi connectivity index (χ1n) is 8.53. The first-order valence-corrected chi connectivity index (χ1v) is 9.97. The summed E-state index contributed by atoms with van der Waals surface area (Å²) < 4.78 is 27.5. The molecule has 1 aromatic rings. The quantitative estimate of drug-likeness (QED) is 0.749. The number of nitrogens with zero attached hydrogens (tertiary/aromatic N) is 2. The molecule has 0 saturated carbocycles. The van der Waals surface area contributed by atoms with Gasteiger partial charge in [0, 0.05) is 32.7 Å². The summed E-state index contributed by atoms with van der Waals surface area (Å²) in [6, 6.07) is 6.18. The van der Waals surface area contributed by atoms with Crippen LogP contribution in [0.3, 0.4) is 0 Å². The Morgan fingerprint density at radius 2 is 1.80 bits per heavy atom. The van der Waals surface area contributed by atoms with E-state index in [-0.39, 0.29) is 23.3 Å². The van der Waals surface area contributed by atoms with Crippen LogP contribution in [0.4, 0.5) is 0 Å². The Labute approximate surface area is 150 Å². The molecular weight excluding hydrogens is 340 g/mol. The lowest BCUT2D eigenvalue weighted by Crippen LogP contribution is -2.47. The zero-order valence-electron chi connectivity index (χ0n) is 15.1. The first kappa shape index (κ1) is 19.8. The Balaban J connectivity index is 2.16. The average Bonchev–Trinajstić information content (AvgIpc) is 2.59. The number of hydrogen-bond acceptors (Lipinski definition) is 5. The zero-order chi connectivity index (χ0) is 18.6. The molecule has 8 heteroatoms. The minimum atomic E-state index is -3.58. The van der Waals surface area contributed by atoms with E-state index >= 15 is 0 Å². The van der Waals surface area contributed by atoms with Crippen LogP contribution in [-0.4, -0.2) is 62.8 Å². The molecule has 0 aromatic heterocycles. The number of piperazine rings is 1. The summed E-state index contributed by atoms with van der Waals surface area (Å²) in [6.07, 6.45) is 0. The standard InChI is InChI=1S/C17H28N4O3S/c1-13(2)16(18)17(22)19-12-14-6-4-5-7-15(14)25(23,24)21-10-8-20(3)9-11-21/h4-7,13,16H,8-12,18H2,1-3H3,(H,19,22)/t16-/m0/s1. The fraction of sp³-hybridized carbons (Fsp3) is 0.588. The van der Waals surface area contributed by atoms with Gasteiger partial charge in [-0.15, -0.1) is 0 Å². The lowest BCUT2D eigenvalue weighted by molar-refractivity contribution is -0.123. The Hall–Kier alpha value is -1.48. The zero-order valence-corrected chi connectivity index (χ0v) is 15.9. The van der Waals surface area contributed by atoms with Gasteiger partial charge in [0.15, 0.2) is 0 Å². The van der Waals surface area contributed by atoms with Crippen molar-refractivity contribution in [2.75, 3.05) is 33.2 Å². The molecule has 1 saturated heterocycles. The summed E-state index contributed by atoms with van der Waals surface area (Å²) in [4.78, 5) is 14.4. The van der Waals surface area contributed by atoms with Crippen LogP contribution in [-0.2, 0) is 21.4 Å². The predicted octanol–water partition coefficient (Wildman–Crippen LogP) is 0.222. The third-order valence-electron chi connectivity index (χ3n) is 4.53. The summed E-state index contributed by atoms with van der Waals surface area (Å²) in [5, 5.41) is 2.75. The molecule has 1 atom stereocenters. The maximum Gasteiger partial charge on any atom is 0.243 e.